The summed E-state index contributed by atoms with van der Waals surface area (Å²) in [6, 6.07) is 3.45. The zero-order valence-corrected chi connectivity index (χ0v) is 7.89. The molecule has 82 valence electrons. The number of hydrogen-bond donors (Lipinski definition) is 2. The van der Waals surface area contributed by atoms with Gasteiger partial charge in [-0.3, -0.25) is 10.1 Å². The van der Waals surface area contributed by atoms with E-state index in [0.29, 0.717) is 0 Å². The van der Waals surface area contributed by atoms with Crippen molar-refractivity contribution in [3.05, 3.63) is 39.7 Å². The lowest BCUT2D eigenvalue weighted by Gasteiger charge is -2.10. The van der Waals surface area contributed by atoms with Gasteiger partial charge in [-0.2, -0.15) is 0 Å². The molecule has 5 nitrogen and oxygen atoms in total. The standard InChI is InChI=1S/C9H11FN2O3/c10-6-2-1-3-7(12(14)15)9(6)8(13)4-5-11/h1-3,8,13H,4-5,11H2. The van der Waals surface area contributed by atoms with E-state index in [1.165, 1.54) is 6.07 Å². The van der Waals surface area contributed by atoms with Crippen molar-refractivity contribution in [3.8, 4) is 0 Å². The van der Waals surface area contributed by atoms with Crippen molar-refractivity contribution < 1.29 is 14.4 Å². The van der Waals surface area contributed by atoms with Gasteiger partial charge in [0.1, 0.15) is 5.82 Å². The Balaban J connectivity index is 3.18. The fourth-order valence-electron chi connectivity index (χ4n) is 1.32. The molecule has 0 aliphatic heterocycles. The topological polar surface area (TPSA) is 89.4 Å². The van der Waals surface area contributed by atoms with Gasteiger partial charge in [0.05, 0.1) is 16.6 Å². The number of hydrogen-bond acceptors (Lipinski definition) is 4. The summed E-state index contributed by atoms with van der Waals surface area (Å²) in [6.07, 6.45) is -1.15. The van der Waals surface area contributed by atoms with E-state index in [2.05, 4.69) is 0 Å². The summed E-state index contributed by atoms with van der Waals surface area (Å²) in [7, 11) is 0. The summed E-state index contributed by atoms with van der Waals surface area (Å²) < 4.78 is 13.3. The van der Waals surface area contributed by atoms with E-state index in [1.54, 1.807) is 0 Å². The number of nitrogens with two attached hydrogens (primary N) is 1. The van der Waals surface area contributed by atoms with Crippen LogP contribution in [0.2, 0.25) is 0 Å². The fourth-order valence-corrected chi connectivity index (χ4v) is 1.32. The molecule has 0 fully saturated rings. The average molecular weight is 214 g/mol. The van der Waals surface area contributed by atoms with Crippen LogP contribution in [0, 0.1) is 15.9 Å². The SMILES string of the molecule is NCCC(O)c1c(F)cccc1[N+](=O)[O-]. The van der Waals surface area contributed by atoms with Crippen molar-refractivity contribution in [3.63, 3.8) is 0 Å². The first-order chi connectivity index (χ1) is 7.07. The third kappa shape index (κ3) is 2.48. The van der Waals surface area contributed by atoms with E-state index < -0.39 is 22.5 Å². The minimum absolute atomic E-state index is 0.0851. The van der Waals surface area contributed by atoms with E-state index in [9.17, 15) is 19.6 Å². The molecule has 0 spiro atoms. The highest BCUT2D eigenvalue weighted by Gasteiger charge is 2.23. The minimum Gasteiger partial charge on any atom is -0.388 e. The van der Waals surface area contributed by atoms with Crippen LogP contribution in [-0.4, -0.2) is 16.6 Å². The van der Waals surface area contributed by atoms with E-state index in [-0.39, 0.29) is 18.5 Å². The molecule has 0 radical (unpaired) electrons. The maximum absolute atomic E-state index is 13.3. The summed E-state index contributed by atoms with van der Waals surface area (Å²) in [5, 5.41) is 20.1. The lowest BCUT2D eigenvalue weighted by molar-refractivity contribution is -0.386. The molecule has 3 N–H and O–H groups in total. The average Bonchev–Trinajstić information content (AvgIpc) is 2.17. The van der Waals surface area contributed by atoms with Crippen LogP contribution < -0.4 is 5.73 Å². The van der Waals surface area contributed by atoms with Gasteiger partial charge in [0.25, 0.3) is 5.69 Å². The number of rotatable bonds is 4. The Morgan fingerprint density at radius 3 is 2.80 bits per heavy atom. The molecular formula is C9H11FN2O3. The number of aliphatic hydroxyl groups excluding tert-OH is 1. The Bertz CT molecular complexity index is 370. The van der Waals surface area contributed by atoms with Crippen LogP contribution in [0.5, 0.6) is 0 Å². The molecule has 0 bridgehead atoms. The van der Waals surface area contributed by atoms with Crippen LogP contribution in [-0.2, 0) is 0 Å². The Labute approximate surface area is 85.5 Å². The summed E-state index contributed by atoms with van der Waals surface area (Å²) in [5.74, 6) is -0.787. The van der Waals surface area contributed by atoms with Crippen LogP contribution in [0.1, 0.15) is 18.1 Å². The van der Waals surface area contributed by atoms with Gasteiger partial charge in [-0.05, 0) is 19.0 Å². The molecular weight excluding hydrogens is 203 g/mol. The largest absolute Gasteiger partial charge is 0.388 e. The maximum Gasteiger partial charge on any atom is 0.278 e. The molecule has 1 aromatic carbocycles. The molecule has 1 atom stereocenters. The second kappa shape index (κ2) is 4.81. The molecule has 1 rings (SSSR count). The predicted octanol–water partition coefficient (Wildman–Crippen LogP) is 1.12. The highest BCUT2D eigenvalue weighted by Crippen LogP contribution is 2.29. The summed E-state index contributed by atoms with van der Waals surface area (Å²) in [4.78, 5) is 9.86. The van der Waals surface area contributed by atoms with E-state index in [1.807, 2.05) is 0 Å². The normalized spacial score (nSPS) is 12.5. The lowest BCUT2D eigenvalue weighted by atomic mass is 10.0. The molecule has 6 heteroatoms. The number of nitrogens with zero attached hydrogens (tertiary/aromatic N) is 1. The van der Waals surface area contributed by atoms with E-state index in [4.69, 9.17) is 5.73 Å². The summed E-state index contributed by atoms with van der Waals surface area (Å²) in [5.41, 5.74) is 4.47. The quantitative estimate of drug-likeness (QED) is 0.580. The van der Waals surface area contributed by atoms with Crippen LogP contribution in [0.25, 0.3) is 0 Å². The summed E-state index contributed by atoms with van der Waals surface area (Å²) in [6.45, 7) is 0.132. The maximum atomic E-state index is 13.3. The molecule has 0 saturated carbocycles. The van der Waals surface area contributed by atoms with Crippen molar-refractivity contribution >= 4 is 5.69 Å². The molecule has 1 unspecified atom stereocenters. The second-order valence-electron chi connectivity index (χ2n) is 3.02. The van der Waals surface area contributed by atoms with Gasteiger partial charge in [-0.15, -0.1) is 0 Å². The van der Waals surface area contributed by atoms with E-state index >= 15 is 0 Å². The number of aliphatic hydroxyl groups is 1. The van der Waals surface area contributed by atoms with Gasteiger partial charge in [-0.25, -0.2) is 4.39 Å². The molecule has 0 heterocycles. The number of nitro groups is 1. The second-order valence-corrected chi connectivity index (χ2v) is 3.02. The number of nitro benzene ring substituents is 1. The molecule has 1 aromatic rings. The van der Waals surface area contributed by atoms with Crippen molar-refractivity contribution in [1.82, 2.24) is 0 Å². The number of halogens is 1. The minimum atomic E-state index is -1.24. The molecule has 0 aliphatic rings. The first-order valence-electron chi connectivity index (χ1n) is 4.39. The van der Waals surface area contributed by atoms with Crippen LogP contribution in [0.3, 0.4) is 0 Å². The fraction of sp³-hybridized carbons (Fsp3) is 0.333. The van der Waals surface area contributed by atoms with Gasteiger partial charge >= 0.3 is 0 Å². The monoisotopic (exact) mass is 214 g/mol. The van der Waals surface area contributed by atoms with Gasteiger partial charge in [0.15, 0.2) is 0 Å². The first-order valence-corrected chi connectivity index (χ1v) is 4.39. The van der Waals surface area contributed by atoms with Gasteiger partial charge in [0.2, 0.25) is 0 Å². The molecule has 0 aliphatic carbocycles. The van der Waals surface area contributed by atoms with Gasteiger partial charge in [-0.1, -0.05) is 6.07 Å². The van der Waals surface area contributed by atoms with Crippen molar-refractivity contribution in [2.45, 2.75) is 12.5 Å². The Hall–Kier alpha value is -1.53. The number of benzene rings is 1. The van der Waals surface area contributed by atoms with Crippen LogP contribution in [0.15, 0.2) is 18.2 Å². The van der Waals surface area contributed by atoms with Gasteiger partial charge in [0, 0.05) is 6.07 Å². The highest BCUT2D eigenvalue weighted by molar-refractivity contribution is 5.42. The van der Waals surface area contributed by atoms with Crippen LogP contribution >= 0.6 is 0 Å². The zero-order chi connectivity index (χ0) is 11.4. The lowest BCUT2D eigenvalue weighted by Crippen LogP contribution is -2.10. The Morgan fingerprint density at radius 1 is 1.60 bits per heavy atom. The smallest absolute Gasteiger partial charge is 0.278 e. The first kappa shape index (κ1) is 11.5. The van der Waals surface area contributed by atoms with E-state index in [0.717, 1.165) is 12.1 Å². The van der Waals surface area contributed by atoms with Crippen molar-refractivity contribution in [2.75, 3.05) is 6.54 Å². The third-order valence-corrected chi connectivity index (χ3v) is 2.00. The Morgan fingerprint density at radius 2 is 2.27 bits per heavy atom. The zero-order valence-electron chi connectivity index (χ0n) is 7.89. The third-order valence-electron chi connectivity index (χ3n) is 2.00. The Kier molecular flexibility index (Phi) is 3.70. The highest BCUT2D eigenvalue weighted by atomic mass is 19.1. The van der Waals surface area contributed by atoms with Gasteiger partial charge < -0.3 is 10.8 Å². The van der Waals surface area contributed by atoms with Crippen molar-refractivity contribution in [2.24, 2.45) is 5.73 Å². The molecule has 0 aromatic heterocycles. The van der Waals surface area contributed by atoms with Crippen LogP contribution in [0.4, 0.5) is 10.1 Å². The molecule has 0 amide bonds. The molecule has 0 saturated heterocycles. The molecule has 15 heavy (non-hydrogen) atoms. The predicted molar refractivity (Wildman–Crippen MR) is 51.7 cm³/mol. The van der Waals surface area contributed by atoms with Crippen molar-refractivity contribution in [1.29, 1.82) is 0 Å². The summed E-state index contributed by atoms with van der Waals surface area (Å²) >= 11 is 0.